The Kier molecular flexibility index (Phi) is 9.07. The summed E-state index contributed by atoms with van der Waals surface area (Å²) in [7, 11) is 0. The second kappa shape index (κ2) is 11.3. The van der Waals surface area contributed by atoms with E-state index in [2.05, 4.69) is 35.9 Å². The van der Waals surface area contributed by atoms with Gasteiger partial charge in [-0.1, -0.05) is 56.9 Å². The van der Waals surface area contributed by atoms with Gasteiger partial charge in [0.15, 0.2) is 6.61 Å². The summed E-state index contributed by atoms with van der Waals surface area (Å²) in [6.07, 6.45) is 8.36. The lowest BCUT2D eigenvalue weighted by Gasteiger charge is -2.27. The summed E-state index contributed by atoms with van der Waals surface area (Å²) < 4.78 is 28.9. The van der Waals surface area contributed by atoms with E-state index in [-0.39, 0.29) is 5.92 Å². The number of carbonyl (C=O) groups is 1. The number of esters is 1. The Morgan fingerprint density at radius 3 is 2.31 bits per heavy atom. The lowest BCUT2D eigenvalue weighted by molar-refractivity contribution is -0.153. The first-order valence-corrected chi connectivity index (χ1v) is 10.1. The normalized spacial score (nSPS) is 20.3. The van der Waals surface area contributed by atoms with Crippen molar-refractivity contribution in [1.82, 2.24) is 0 Å². The minimum Gasteiger partial charge on any atom is -0.459 e. The molecule has 2 nitrogen and oxygen atoms in total. The van der Waals surface area contributed by atoms with Gasteiger partial charge in [-0.25, -0.2) is 8.78 Å². The van der Waals surface area contributed by atoms with Gasteiger partial charge >= 0.3 is 5.97 Å². The van der Waals surface area contributed by atoms with Crippen molar-refractivity contribution in [3.05, 3.63) is 35.4 Å². The van der Waals surface area contributed by atoms with Gasteiger partial charge in [-0.3, -0.25) is 4.79 Å². The fraction of sp³-hybridized carbons (Fsp3) is 0.682. The molecule has 146 valence electrons. The van der Waals surface area contributed by atoms with Crippen LogP contribution in [-0.2, 0) is 16.0 Å². The van der Waals surface area contributed by atoms with Gasteiger partial charge in [0.25, 0.3) is 6.43 Å². The fourth-order valence-corrected chi connectivity index (χ4v) is 3.81. The predicted molar refractivity (Wildman–Crippen MR) is 101 cm³/mol. The highest BCUT2D eigenvalue weighted by molar-refractivity contribution is 5.72. The molecule has 1 aliphatic carbocycles. The Hall–Kier alpha value is -1.45. The molecular formula is C22H32F2O2. The second-order valence-corrected chi connectivity index (χ2v) is 7.48. The fourth-order valence-electron chi connectivity index (χ4n) is 3.81. The van der Waals surface area contributed by atoms with Gasteiger partial charge in [0.1, 0.15) is 0 Å². The maximum absolute atomic E-state index is 12.1. The van der Waals surface area contributed by atoms with Crippen molar-refractivity contribution in [3.8, 4) is 0 Å². The Balaban J connectivity index is 1.72. The van der Waals surface area contributed by atoms with Gasteiger partial charge in [0, 0.05) is 0 Å². The number of halogens is 2. The molecule has 0 aliphatic heterocycles. The summed E-state index contributed by atoms with van der Waals surface area (Å²) in [5, 5.41) is 0. The number of hydrogen-bond donors (Lipinski definition) is 0. The van der Waals surface area contributed by atoms with Gasteiger partial charge in [0.2, 0.25) is 0 Å². The molecule has 1 aromatic carbocycles. The van der Waals surface area contributed by atoms with Crippen LogP contribution in [0.4, 0.5) is 8.78 Å². The number of benzene rings is 1. The molecule has 0 atom stereocenters. The summed E-state index contributed by atoms with van der Waals surface area (Å²) in [5.74, 6) is -0.206. The monoisotopic (exact) mass is 366 g/mol. The molecule has 0 unspecified atom stereocenters. The average molecular weight is 366 g/mol. The number of alkyl halides is 2. The van der Waals surface area contributed by atoms with Crippen molar-refractivity contribution >= 4 is 5.97 Å². The number of rotatable bonds is 10. The van der Waals surface area contributed by atoms with Crippen LogP contribution in [0.15, 0.2) is 24.3 Å². The lowest BCUT2D eigenvalue weighted by Crippen LogP contribution is -2.24. The van der Waals surface area contributed by atoms with Crippen LogP contribution in [0, 0.1) is 5.92 Å². The molecule has 0 amide bonds. The Morgan fingerprint density at radius 1 is 1.04 bits per heavy atom. The Labute approximate surface area is 156 Å². The maximum Gasteiger partial charge on any atom is 0.309 e. The molecule has 0 saturated heterocycles. The van der Waals surface area contributed by atoms with Gasteiger partial charge in [-0.15, -0.1) is 0 Å². The predicted octanol–water partition coefficient (Wildman–Crippen LogP) is 6.28. The standard InChI is InChI=1S/C22H32F2O2/c1-2-3-4-5-6-7-17-8-10-18(11-9-17)19-12-14-20(15-13-19)22(25)26-16-21(23)24/h8-11,19-21H,2-7,12-16H2,1H3. The molecule has 0 heterocycles. The van der Waals surface area contributed by atoms with E-state index < -0.39 is 19.0 Å². The zero-order valence-electron chi connectivity index (χ0n) is 15.9. The van der Waals surface area contributed by atoms with Crippen LogP contribution in [0.25, 0.3) is 0 Å². The minimum atomic E-state index is -2.58. The van der Waals surface area contributed by atoms with Crippen molar-refractivity contribution in [3.63, 3.8) is 0 Å². The maximum atomic E-state index is 12.1. The van der Waals surface area contributed by atoms with Crippen molar-refractivity contribution in [2.24, 2.45) is 5.92 Å². The number of hydrogen-bond acceptors (Lipinski definition) is 2. The zero-order chi connectivity index (χ0) is 18.8. The quantitative estimate of drug-likeness (QED) is 0.360. The number of ether oxygens (including phenoxy) is 1. The molecule has 1 saturated carbocycles. The summed E-state index contributed by atoms with van der Waals surface area (Å²) in [6, 6.07) is 8.92. The highest BCUT2D eigenvalue weighted by atomic mass is 19.3. The van der Waals surface area contributed by atoms with Crippen LogP contribution >= 0.6 is 0 Å². The molecular weight excluding hydrogens is 334 g/mol. The molecule has 0 N–H and O–H groups in total. The number of unbranched alkanes of at least 4 members (excludes halogenated alkanes) is 4. The van der Waals surface area contributed by atoms with Gasteiger partial charge < -0.3 is 4.74 Å². The third-order valence-corrected chi connectivity index (χ3v) is 5.43. The number of aryl methyl sites for hydroxylation is 1. The molecule has 0 spiro atoms. The molecule has 1 fully saturated rings. The van der Waals surface area contributed by atoms with E-state index >= 15 is 0 Å². The van der Waals surface area contributed by atoms with Gasteiger partial charge in [-0.05, 0) is 55.6 Å². The third kappa shape index (κ3) is 7.05. The first-order valence-electron chi connectivity index (χ1n) is 10.1. The smallest absolute Gasteiger partial charge is 0.309 e. The van der Waals surface area contributed by atoms with Crippen molar-refractivity contribution in [2.75, 3.05) is 6.61 Å². The van der Waals surface area contributed by atoms with Crippen LogP contribution < -0.4 is 0 Å². The van der Waals surface area contributed by atoms with E-state index in [9.17, 15) is 13.6 Å². The summed E-state index contributed by atoms with van der Waals surface area (Å²) in [4.78, 5) is 11.8. The Bertz CT molecular complexity index is 519. The van der Waals surface area contributed by atoms with Crippen molar-refractivity contribution < 1.29 is 18.3 Å². The van der Waals surface area contributed by atoms with E-state index in [0.29, 0.717) is 5.92 Å². The van der Waals surface area contributed by atoms with E-state index in [0.717, 1.165) is 32.1 Å². The van der Waals surface area contributed by atoms with Gasteiger partial charge in [-0.2, -0.15) is 0 Å². The largest absolute Gasteiger partial charge is 0.459 e. The molecule has 0 aromatic heterocycles. The average Bonchev–Trinajstić information content (AvgIpc) is 2.66. The van der Waals surface area contributed by atoms with Crippen LogP contribution in [0.1, 0.15) is 81.8 Å². The SMILES string of the molecule is CCCCCCCc1ccc(C2CCC(C(=O)OCC(F)F)CC2)cc1. The molecule has 2 rings (SSSR count). The van der Waals surface area contributed by atoms with Crippen LogP contribution in [0.5, 0.6) is 0 Å². The van der Waals surface area contributed by atoms with Crippen LogP contribution in [0.2, 0.25) is 0 Å². The molecule has 1 aliphatic rings. The first-order chi connectivity index (χ1) is 12.6. The molecule has 4 heteroatoms. The molecule has 26 heavy (non-hydrogen) atoms. The highest BCUT2D eigenvalue weighted by Crippen LogP contribution is 2.36. The highest BCUT2D eigenvalue weighted by Gasteiger charge is 2.28. The molecule has 0 bridgehead atoms. The van der Waals surface area contributed by atoms with E-state index in [1.54, 1.807) is 0 Å². The van der Waals surface area contributed by atoms with E-state index in [4.69, 9.17) is 0 Å². The number of carbonyl (C=O) groups excluding carboxylic acids is 1. The first kappa shape index (κ1) is 20.9. The summed E-state index contributed by atoms with van der Waals surface area (Å²) >= 11 is 0. The Morgan fingerprint density at radius 2 is 1.69 bits per heavy atom. The van der Waals surface area contributed by atoms with Gasteiger partial charge in [0.05, 0.1) is 5.92 Å². The summed E-state index contributed by atoms with van der Waals surface area (Å²) in [5.41, 5.74) is 2.73. The van der Waals surface area contributed by atoms with Crippen LogP contribution in [-0.4, -0.2) is 19.0 Å². The van der Waals surface area contributed by atoms with Crippen molar-refractivity contribution in [2.45, 2.75) is 83.5 Å². The summed E-state index contributed by atoms with van der Waals surface area (Å²) in [6.45, 7) is 1.46. The van der Waals surface area contributed by atoms with E-state index in [1.165, 1.54) is 43.2 Å². The molecule has 1 aromatic rings. The molecule has 0 radical (unpaired) electrons. The second-order valence-electron chi connectivity index (χ2n) is 7.48. The zero-order valence-corrected chi connectivity index (χ0v) is 15.9. The van der Waals surface area contributed by atoms with Crippen molar-refractivity contribution in [1.29, 1.82) is 0 Å². The van der Waals surface area contributed by atoms with Crippen LogP contribution in [0.3, 0.4) is 0 Å². The lowest BCUT2D eigenvalue weighted by atomic mass is 9.78. The third-order valence-electron chi connectivity index (χ3n) is 5.43. The topological polar surface area (TPSA) is 26.3 Å². The minimum absolute atomic E-state index is 0.215. The van der Waals surface area contributed by atoms with E-state index in [1.807, 2.05) is 0 Å².